The molecule has 3 heteroatoms. The summed E-state index contributed by atoms with van der Waals surface area (Å²) in [7, 11) is 0. The molecular weight excluding hydrogens is 390 g/mol. The molecule has 31 heavy (non-hydrogen) atoms. The highest BCUT2D eigenvalue weighted by Gasteiger charge is 2.14. The lowest BCUT2D eigenvalue weighted by atomic mass is 9.97. The normalized spacial score (nSPS) is 11.5. The lowest BCUT2D eigenvalue weighted by molar-refractivity contribution is 0.291. The predicted octanol–water partition coefficient (Wildman–Crippen LogP) is 9.13. The summed E-state index contributed by atoms with van der Waals surface area (Å²) in [4.78, 5) is 0. The van der Waals surface area contributed by atoms with Gasteiger partial charge >= 0.3 is 0 Å². The summed E-state index contributed by atoms with van der Waals surface area (Å²) in [6.45, 7) is 4.89. The van der Waals surface area contributed by atoms with E-state index in [2.05, 4.69) is 13.8 Å². The van der Waals surface area contributed by atoms with Gasteiger partial charge in [-0.25, -0.2) is 8.78 Å². The van der Waals surface area contributed by atoms with E-state index >= 15 is 8.78 Å². The molecule has 0 spiro atoms. The summed E-state index contributed by atoms with van der Waals surface area (Å²) >= 11 is 0. The first-order valence-corrected chi connectivity index (χ1v) is 12.1. The van der Waals surface area contributed by atoms with E-state index in [-0.39, 0.29) is 17.4 Å². The molecule has 0 fully saturated rings. The van der Waals surface area contributed by atoms with Crippen molar-refractivity contribution in [2.75, 3.05) is 6.61 Å². The standard InChI is InChI=1S/C28H36F2O/c1-3-5-7-8-9-10-12-20-31-26-19-18-23-22-15-14-21(13-11-6-4-2)27(29)24(22)16-17-25(23)28(26)30/h14-19H,3-13,20H2,1-2H3. The lowest BCUT2D eigenvalue weighted by Gasteiger charge is -2.12. The van der Waals surface area contributed by atoms with Gasteiger partial charge in [-0.1, -0.05) is 89.5 Å². The van der Waals surface area contributed by atoms with Crippen molar-refractivity contribution in [3.8, 4) is 5.75 Å². The Morgan fingerprint density at radius 2 is 1.13 bits per heavy atom. The second-order valence-corrected chi connectivity index (χ2v) is 8.60. The van der Waals surface area contributed by atoms with Crippen molar-refractivity contribution in [1.29, 1.82) is 0 Å². The highest BCUT2D eigenvalue weighted by molar-refractivity contribution is 6.08. The van der Waals surface area contributed by atoms with Crippen molar-refractivity contribution in [3.63, 3.8) is 0 Å². The number of hydrogen-bond acceptors (Lipinski definition) is 1. The summed E-state index contributed by atoms with van der Waals surface area (Å²) in [6.07, 6.45) is 12.3. The lowest BCUT2D eigenvalue weighted by Crippen LogP contribution is -2.00. The van der Waals surface area contributed by atoms with Crippen LogP contribution in [0.2, 0.25) is 0 Å². The Bertz CT molecular complexity index is 980. The number of unbranched alkanes of at least 4 members (excludes halogenated alkanes) is 8. The molecule has 0 aromatic heterocycles. The monoisotopic (exact) mass is 426 g/mol. The van der Waals surface area contributed by atoms with Gasteiger partial charge in [0.2, 0.25) is 0 Å². The van der Waals surface area contributed by atoms with Crippen LogP contribution in [0.5, 0.6) is 5.75 Å². The quantitative estimate of drug-likeness (QED) is 0.195. The second-order valence-electron chi connectivity index (χ2n) is 8.60. The molecule has 0 atom stereocenters. The smallest absolute Gasteiger partial charge is 0.172 e. The van der Waals surface area contributed by atoms with Crippen LogP contribution < -0.4 is 4.74 Å². The summed E-state index contributed by atoms with van der Waals surface area (Å²) in [6, 6.07) is 10.7. The third-order valence-electron chi connectivity index (χ3n) is 6.17. The molecule has 0 saturated heterocycles. The van der Waals surface area contributed by atoms with Gasteiger partial charge in [0.1, 0.15) is 5.82 Å². The third-order valence-corrected chi connectivity index (χ3v) is 6.17. The molecule has 0 bridgehead atoms. The molecule has 0 amide bonds. The number of benzene rings is 3. The predicted molar refractivity (Wildman–Crippen MR) is 128 cm³/mol. The van der Waals surface area contributed by atoms with Crippen LogP contribution in [0.15, 0.2) is 36.4 Å². The molecule has 0 aliphatic heterocycles. The zero-order chi connectivity index (χ0) is 22.1. The van der Waals surface area contributed by atoms with Gasteiger partial charge in [0, 0.05) is 10.8 Å². The molecule has 0 saturated carbocycles. The Kier molecular flexibility index (Phi) is 9.12. The highest BCUT2D eigenvalue weighted by Crippen LogP contribution is 2.34. The maximum absolute atomic E-state index is 15.1. The van der Waals surface area contributed by atoms with Crippen LogP contribution in [-0.4, -0.2) is 6.61 Å². The zero-order valence-corrected chi connectivity index (χ0v) is 19.1. The average molecular weight is 427 g/mol. The molecule has 3 aromatic rings. The zero-order valence-electron chi connectivity index (χ0n) is 19.1. The van der Waals surface area contributed by atoms with Gasteiger partial charge in [-0.3, -0.25) is 0 Å². The van der Waals surface area contributed by atoms with E-state index in [4.69, 9.17) is 4.74 Å². The van der Waals surface area contributed by atoms with Crippen LogP contribution in [-0.2, 0) is 6.42 Å². The van der Waals surface area contributed by atoms with Crippen LogP contribution in [0.25, 0.3) is 21.5 Å². The van der Waals surface area contributed by atoms with Gasteiger partial charge in [-0.15, -0.1) is 0 Å². The van der Waals surface area contributed by atoms with Crippen LogP contribution in [0.3, 0.4) is 0 Å². The van der Waals surface area contributed by atoms with E-state index in [1.54, 1.807) is 18.2 Å². The van der Waals surface area contributed by atoms with Gasteiger partial charge in [0.15, 0.2) is 11.6 Å². The SMILES string of the molecule is CCCCCCCCCOc1ccc2c(ccc3c(F)c(CCCCC)ccc32)c1F. The van der Waals surface area contributed by atoms with E-state index in [1.165, 1.54) is 32.1 Å². The molecule has 168 valence electrons. The van der Waals surface area contributed by atoms with Crippen molar-refractivity contribution in [2.24, 2.45) is 0 Å². The molecule has 0 aliphatic carbocycles. The average Bonchev–Trinajstić information content (AvgIpc) is 2.78. The molecule has 0 unspecified atom stereocenters. The van der Waals surface area contributed by atoms with Gasteiger partial charge in [-0.2, -0.15) is 0 Å². The minimum absolute atomic E-state index is 0.171. The largest absolute Gasteiger partial charge is 0.490 e. The minimum Gasteiger partial charge on any atom is -0.490 e. The Morgan fingerprint density at radius 3 is 1.84 bits per heavy atom. The number of aryl methyl sites for hydroxylation is 1. The Balaban J connectivity index is 1.69. The van der Waals surface area contributed by atoms with Crippen molar-refractivity contribution >= 4 is 21.5 Å². The second kappa shape index (κ2) is 12.0. The summed E-state index contributed by atoms with van der Waals surface area (Å²) < 4.78 is 35.8. The first-order chi connectivity index (χ1) is 15.2. The minimum atomic E-state index is -0.352. The molecule has 0 aliphatic rings. The van der Waals surface area contributed by atoms with Gasteiger partial charge in [-0.05, 0) is 47.7 Å². The van der Waals surface area contributed by atoms with Crippen LogP contribution in [0.4, 0.5) is 8.78 Å². The number of halogens is 2. The summed E-state index contributed by atoms with van der Waals surface area (Å²) in [5.74, 6) is -0.237. The van der Waals surface area contributed by atoms with E-state index in [0.717, 1.165) is 54.9 Å². The third kappa shape index (κ3) is 5.96. The van der Waals surface area contributed by atoms with Crippen molar-refractivity contribution in [3.05, 3.63) is 53.6 Å². The molecule has 0 N–H and O–H groups in total. The van der Waals surface area contributed by atoms with Gasteiger partial charge < -0.3 is 4.74 Å². The van der Waals surface area contributed by atoms with E-state index in [0.29, 0.717) is 17.4 Å². The van der Waals surface area contributed by atoms with Crippen LogP contribution in [0, 0.1) is 11.6 Å². The van der Waals surface area contributed by atoms with Crippen molar-refractivity contribution in [2.45, 2.75) is 84.5 Å². The van der Waals surface area contributed by atoms with Crippen LogP contribution in [0.1, 0.15) is 83.6 Å². The maximum Gasteiger partial charge on any atom is 0.172 e. The number of hydrogen-bond donors (Lipinski definition) is 0. The van der Waals surface area contributed by atoms with Crippen LogP contribution >= 0.6 is 0 Å². The number of fused-ring (bicyclic) bond motifs is 3. The Morgan fingerprint density at radius 1 is 0.581 bits per heavy atom. The molecule has 0 heterocycles. The van der Waals surface area contributed by atoms with E-state index < -0.39 is 0 Å². The van der Waals surface area contributed by atoms with Crippen molar-refractivity contribution in [1.82, 2.24) is 0 Å². The fraction of sp³-hybridized carbons (Fsp3) is 0.500. The fourth-order valence-corrected chi connectivity index (χ4v) is 4.28. The summed E-state index contributed by atoms with van der Waals surface area (Å²) in [5, 5.41) is 2.55. The molecule has 3 rings (SSSR count). The molecule has 3 aromatic carbocycles. The highest BCUT2D eigenvalue weighted by atomic mass is 19.1. The number of ether oxygens (including phenoxy) is 1. The first kappa shape index (κ1) is 23.5. The molecular formula is C28H36F2O. The van der Waals surface area contributed by atoms with E-state index in [9.17, 15) is 0 Å². The van der Waals surface area contributed by atoms with E-state index in [1.807, 2.05) is 18.2 Å². The Labute approximate surface area is 185 Å². The van der Waals surface area contributed by atoms with Gasteiger partial charge in [0.25, 0.3) is 0 Å². The number of rotatable bonds is 13. The first-order valence-electron chi connectivity index (χ1n) is 12.1. The van der Waals surface area contributed by atoms with Crippen molar-refractivity contribution < 1.29 is 13.5 Å². The Hall–Kier alpha value is -2.16. The fourth-order valence-electron chi connectivity index (χ4n) is 4.28. The maximum atomic E-state index is 15.1. The topological polar surface area (TPSA) is 9.23 Å². The molecule has 0 radical (unpaired) electrons. The summed E-state index contributed by atoms with van der Waals surface area (Å²) in [5.41, 5.74) is 0.746. The van der Waals surface area contributed by atoms with Gasteiger partial charge in [0.05, 0.1) is 6.61 Å². The molecule has 1 nitrogen and oxygen atoms in total.